The van der Waals surface area contributed by atoms with Gasteiger partial charge in [0.1, 0.15) is 5.25 Å². The largest absolute Gasteiger partial charge is 0.286 e. The summed E-state index contributed by atoms with van der Waals surface area (Å²) in [7, 11) is -3.54. The maximum atomic E-state index is 13.0. The second-order valence-corrected chi connectivity index (χ2v) is 8.73. The van der Waals surface area contributed by atoms with Crippen molar-refractivity contribution in [1.82, 2.24) is 5.06 Å². The second kappa shape index (κ2) is 7.37. The molecule has 5 nitrogen and oxygen atoms in total. The maximum Gasteiger partial charge on any atom is 0.233 e. The van der Waals surface area contributed by atoms with E-state index < -0.39 is 15.1 Å². The van der Waals surface area contributed by atoms with E-state index in [4.69, 9.17) is 0 Å². The van der Waals surface area contributed by atoms with E-state index in [0.717, 1.165) is 12.8 Å². The molecule has 0 saturated carbocycles. The van der Waals surface area contributed by atoms with Crippen LogP contribution in [0.3, 0.4) is 0 Å². The minimum absolute atomic E-state index is 0.0250. The van der Waals surface area contributed by atoms with Crippen molar-refractivity contribution in [2.75, 3.05) is 12.3 Å². The van der Waals surface area contributed by atoms with Crippen molar-refractivity contribution in [3.8, 4) is 0 Å². The number of benzene rings is 2. The van der Waals surface area contributed by atoms with E-state index >= 15 is 0 Å². The molecule has 0 heterocycles. The fourth-order valence-electron chi connectivity index (χ4n) is 3.52. The Bertz CT molecular complexity index is 811. The molecule has 1 aliphatic carbocycles. The molecule has 0 fully saturated rings. The highest BCUT2D eigenvalue weighted by molar-refractivity contribution is 7.91. The quantitative estimate of drug-likeness (QED) is 0.468. The van der Waals surface area contributed by atoms with Gasteiger partial charge in [-0.25, -0.2) is 13.5 Å². The maximum absolute atomic E-state index is 13.0. The number of carbonyl (C=O) groups excluding carboxylic acids is 1. The van der Waals surface area contributed by atoms with Crippen LogP contribution in [0.2, 0.25) is 0 Å². The van der Waals surface area contributed by atoms with Crippen LogP contribution < -0.4 is 0 Å². The fourth-order valence-corrected chi connectivity index (χ4v) is 5.60. The van der Waals surface area contributed by atoms with Gasteiger partial charge in [-0.15, -0.1) is 0 Å². The first kappa shape index (κ1) is 17.6. The van der Waals surface area contributed by atoms with Gasteiger partial charge >= 0.3 is 0 Å². The lowest BCUT2D eigenvalue weighted by atomic mass is 10.1. The molecule has 3 rings (SSSR count). The minimum Gasteiger partial charge on any atom is -0.286 e. The van der Waals surface area contributed by atoms with Crippen LogP contribution >= 0.6 is 0 Å². The van der Waals surface area contributed by atoms with Crippen molar-refractivity contribution in [2.24, 2.45) is 5.92 Å². The van der Waals surface area contributed by atoms with Gasteiger partial charge < -0.3 is 0 Å². The smallest absolute Gasteiger partial charge is 0.233 e. The molecule has 0 spiro atoms. The highest BCUT2D eigenvalue weighted by atomic mass is 32.2. The zero-order valence-corrected chi connectivity index (χ0v) is 14.6. The number of hydroxylamine groups is 2. The third-order valence-corrected chi connectivity index (χ3v) is 6.91. The summed E-state index contributed by atoms with van der Waals surface area (Å²) in [5.41, 5.74) is 2.99. The Kier molecular flexibility index (Phi) is 5.20. The number of hydrogen-bond donors (Lipinski definition) is 1. The van der Waals surface area contributed by atoms with E-state index in [1.807, 2.05) is 24.3 Å². The molecule has 1 atom stereocenters. The van der Waals surface area contributed by atoms with E-state index in [0.29, 0.717) is 10.6 Å². The summed E-state index contributed by atoms with van der Waals surface area (Å²) in [6.45, 7) is -0.268. The molecule has 0 radical (unpaired) electrons. The summed E-state index contributed by atoms with van der Waals surface area (Å²) in [6, 6.07) is 16.8. The molecular formula is C19H21NO4S. The molecule has 6 heteroatoms. The van der Waals surface area contributed by atoms with Crippen LogP contribution in [-0.4, -0.2) is 37.4 Å². The standard InChI is InChI=1S/C19H21NO4S/c21-14-20(22)12-19(16-6-2-1-3-7-16)25(23,24)13-15-10-17-8-4-5-9-18(17)11-15/h1-9,14-15,19,22H,10-13H2. The van der Waals surface area contributed by atoms with Crippen LogP contribution in [0.5, 0.6) is 0 Å². The Labute approximate surface area is 147 Å². The summed E-state index contributed by atoms with van der Waals surface area (Å²) < 4.78 is 26.1. The molecule has 2 aromatic carbocycles. The zero-order valence-electron chi connectivity index (χ0n) is 13.8. The first-order valence-electron chi connectivity index (χ1n) is 8.23. The summed E-state index contributed by atoms with van der Waals surface area (Å²) >= 11 is 0. The van der Waals surface area contributed by atoms with Crippen LogP contribution in [0.4, 0.5) is 0 Å². The van der Waals surface area contributed by atoms with Gasteiger partial charge in [0.25, 0.3) is 0 Å². The fraction of sp³-hybridized carbons (Fsp3) is 0.316. The summed E-state index contributed by atoms with van der Waals surface area (Å²) in [5.74, 6) is 0.0606. The topological polar surface area (TPSA) is 74.7 Å². The van der Waals surface area contributed by atoms with E-state index in [2.05, 4.69) is 0 Å². The average Bonchev–Trinajstić information content (AvgIpc) is 3.01. The van der Waals surface area contributed by atoms with Crippen LogP contribution in [-0.2, 0) is 27.5 Å². The Hall–Kier alpha value is -2.18. The molecule has 1 unspecified atom stereocenters. The van der Waals surface area contributed by atoms with E-state index in [1.165, 1.54) is 11.1 Å². The highest BCUT2D eigenvalue weighted by Crippen LogP contribution is 2.31. The van der Waals surface area contributed by atoms with Gasteiger partial charge in [0, 0.05) is 0 Å². The predicted octanol–water partition coefficient (Wildman–Crippen LogP) is 2.41. The van der Waals surface area contributed by atoms with Crippen molar-refractivity contribution in [3.05, 3.63) is 71.3 Å². The molecule has 1 aliphatic rings. The van der Waals surface area contributed by atoms with E-state index in [9.17, 15) is 18.4 Å². The number of nitrogens with zero attached hydrogens (tertiary/aromatic N) is 1. The SMILES string of the molecule is O=CN(O)CC(c1ccccc1)S(=O)(=O)CC1Cc2ccccc2C1. The Morgan fingerprint density at radius 1 is 1.04 bits per heavy atom. The normalized spacial score (nSPS) is 15.6. The first-order valence-corrected chi connectivity index (χ1v) is 9.95. The van der Waals surface area contributed by atoms with Crippen molar-refractivity contribution in [2.45, 2.75) is 18.1 Å². The first-order chi connectivity index (χ1) is 12.0. The number of rotatable bonds is 7. The number of amides is 1. The summed E-state index contributed by atoms with van der Waals surface area (Å²) in [6.07, 6.45) is 1.72. The Morgan fingerprint density at radius 2 is 1.60 bits per heavy atom. The molecule has 0 aromatic heterocycles. The monoisotopic (exact) mass is 359 g/mol. The van der Waals surface area contributed by atoms with Crippen molar-refractivity contribution in [3.63, 3.8) is 0 Å². The lowest BCUT2D eigenvalue weighted by Crippen LogP contribution is -2.31. The van der Waals surface area contributed by atoms with Gasteiger partial charge in [0.2, 0.25) is 6.41 Å². The molecule has 1 N–H and O–H groups in total. The third-order valence-electron chi connectivity index (χ3n) is 4.68. The predicted molar refractivity (Wildman–Crippen MR) is 94.9 cm³/mol. The summed E-state index contributed by atoms with van der Waals surface area (Å²) in [4.78, 5) is 10.8. The van der Waals surface area contributed by atoms with Crippen LogP contribution in [0.1, 0.15) is 21.9 Å². The summed E-state index contributed by atoms with van der Waals surface area (Å²) in [5, 5.41) is 9.02. The number of sulfone groups is 1. The molecule has 0 saturated heterocycles. The zero-order chi connectivity index (χ0) is 17.9. The Balaban J connectivity index is 1.81. The minimum atomic E-state index is -3.54. The van der Waals surface area contributed by atoms with Crippen molar-refractivity contribution in [1.29, 1.82) is 0 Å². The average molecular weight is 359 g/mol. The number of carbonyl (C=O) groups is 1. The van der Waals surface area contributed by atoms with Crippen LogP contribution in [0, 0.1) is 5.92 Å². The molecular weight excluding hydrogens is 338 g/mol. The van der Waals surface area contributed by atoms with Crippen LogP contribution in [0.15, 0.2) is 54.6 Å². The van der Waals surface area contributed by atoms with E-state index in [-0.39, 0.29) is 24.6 Å². The van der Waals surface area contributed by atoms with Gasteiger partial charge in [-0.05, 0) is 35.4 Å². The van der Waals surface area contributed by atoms with Gasteiger partial charge in [-0.3, -0.25) is 10.0 Å². The lowest BCUT2D eigenvalue weighted by molar-refractivity contribution is -0.149. The van der Waals surface area contributed by atoms with Gasteiger partial charge in [-0.2, -0.15) is 0 Å². The van der Waals surface area contributed by atoms with Crippen molar-refractivity contribution >= 4 is 16.2 Å². The van der Waals surface area contributed by atoms with Crippen molar-refractivity contribution < 1.29 is 18.4 Å². The Morgan fingerprint density at radius 3 is 2.16 bits per heavy atom. The molecule has 25 heavy (non-hydrogen) atoms. The molecule has 0 bridgehead atoms. The second-order valence-electron chi connectivity index (χ2n) is 6.50. The number of hydrogen-bond acceptors (Lipinski definition) is 4. The molecule has 1 amide bonds. The highest BCUT2D eigenvalue weighted by Gasteiger charge is 2.33. The molecule has 132 valence electrons. The lowest BCUT2D eigenvalue weighted by Gasteiger charge is -2.22. The van der Waals surface area contributed by atoms with Gasteiger partial charge in [-0.1, -0.05) is 54.6 Å². The van der Waals surface area contributed by atoms with Gasteiger partial charge in [0.05, 0.1) is 12.3 Å². The molecule has 2 aromatic rings. The van der Waals surface area contributed by atoms with E-state index in [1.54, 1.807) is 30.3 Å². The number of fused-ring (bicyclic) bond motifs is 1. The van der Waals surface area contributed by atoms with Gasteiger partial charge in [0.15, 0.2) is 9.84 Å². The molecule has 0 aliphatic heterocycles. The third kappa shape index (κ3) is 4.08. The van der Waals surface area contributed by atoms with Crippen LogP contribution in [0.25, 0.3) is 0 Å².